The Kier molecular flexibility index (Phi) is 5.63. The van der Waals surface area contributed by atoms with E-state index < -0.39 is 21.6 Å². The summed E-state index contributed by atoms with van der Waals surface area (Å²) in [5, 5.41) is 3.01. The van der Waals surface area contributed by atoms with Crippen molar-refractivity contribution in [3.63, 3.8) is 0 Å². The maximum absolute atomic E-state index is 14.1. The van der Waals surface area contributed by atoms with Crippen LogP contribution in [0.5, 0.6) is 5.88 Å². The second-order valence-electron chi connectivity index (χ2n) is 6.19. The summed E-state index contributed by atoms with van der Waals surface area (Å²) in [5.74, 6) is -1.19. The standard InChI is InChI=1S/C15H22FN3O4S/c1-23-15-11(13(17)20)7-12(16)14(19-15)18-10-5-3-9(4-6-10)8-24(2,21)22/h7,9-10H,3-6,8H2,1-2H3,(H2,17,20)(H,18,19). The highest BCUT2D eigenvalue weighted by molar-refractivity contribution is 7.90. The van der Waals surface area contributed by atoms with Gasteiger partial charge in [0.25, 0.3) is 5.91 Å². The fraction of sp³-hybridized carbons (Fsp3) is 0.600. The number of halogens is 1. The van der Waals surface area contributed by atoms with Crippen LogP contribution in [0.3, 0.4) is 0 Å². The Morgan fingerprint density at radius 2 is 2.04 bits per heavy atom. The summed E-state index contributed by atoms with van der Waals surface area (Å²) in [6.45, 7) is 0. The first-order valence-electron chi connectivity index (χ1n) is 7.68. The summed E-state index contributed by atoms with van der Waals surface area (Å²) < 4.78 is 41.8. The summed E-state index contributed by atoms with van der Waals surface area (Å²) in [4.78, 5) is 15.2. The van der Waals surface area contributed by atoms with Gasteiger partial charge >= 0.3 is 0 Å². The molecule has 1 amide bonds. The predicted octanol–water partition coefficient (Wildman–Crippen LogP) is 1.34. The molecule has 134 valence electrons. The van der Waals surface area contributed by atoms with Crippen molar-refractivity contribution in [2.45, 2.75) is 31.7 Å². The number of sulfone groups is 1. The quantitative estimate of drug-likeness (QED) is 0.793. The molecule has 1 aromatic heterocycles. The number of amides is 1. The Balaban J connectivity index is 2.04. The number of nitrogens with two attached hydrogens (primary N) is 1. The van der Waals surface area contributed by atoms with Gasteiger partial charge in [-0.3, -0.25) is 4.79 Å². The molecule has 0 aliphatic heterocycles. The van der Waals surface area contributed by atoms with Crippen molar-refractivity contribution in [1.82, 2.24) is 4.98 Å². The second kappa shape index (κ2) is 7.33. The highest BCUT2D eigenvalue weighted by Crippen LogP contribution is 2.29. The molecule has 1 fully saturated rings. The van der Waals surface area contributed by atoms with Gasteiger partial charge in [-0.25, -0.2) is 12.8 Å². The molecule has 0 unspecified atom stereocenters. The van der Waals surface area contributed by atoms with Gasteiger partial charge in [-0.1, -0.05) is 0 Å². The molecule has 1 aliphatic rings. The molecule has 1 heterocycles. The topological polar surface area (TPSA) is 111 Å². The van der Waals surface area contributed by atoms with Crippen LogP contribution in [0, 0.1) is 11.7 Å². The first-order chi connectivity index (χ1) is 11.2. The molecule has 1 aromatic rings. The van der Waals surface area contributed by atoms with Gasteiger partial charge in [0.05, 0.1) is 12.9 Å². The summed E-state index contributed by atoms with van der Waals surface area (Å²) in [6.07, 6.45) is 4.19. The van der Waals surface area contributed by atoms with Crippen molar-refractivity contribution in [2.75, 3.05) is 24.4 Å². The minimum absolute atomic E-state index is 0.00316. The SMILES string of the molecule is COc1nc(NC2CCC(CS(C)(=O)=O)CC2)c(F)cc1C(N)=O. The molecule has 2 rings (SSSR count). The molecule has 0 atom stereocenters. The molecule has 0 radical (unpaired) electrons. The van der Waals surface area contributed by atoms with Crippen molar-refractivity contribution in [2.24, 2.45) is 11.7 Å². The van der Waals surface area contributed by atoms with Gasteiger partial charge in [-0.15, -0.1) is 0 Å². The normalized spacial score (nSPS) is 21.3. The van der Waals surface area contributed by atoms with Gasteiger partial charge in [0.1, 0.15) is 15.4 Å². The Morgan fingerprint density at radius 1 is 1.42 bits per heavy atom. The number of anilines is 1. The second-order valence-corrected chi connectivity index (χ2v) is 8.38. The van der Waals surface area contributed by atoms with E-state index in [1.54, 1.807) is 0 Å². The van der Waals surface area contributed by atoms with E-state index in [-0.39, 0.29) is 35.0 Å². The number of hydrogen-bond acceptors (Lipinski definition) is 6. The number of nitrogens with one attached hydrogen (secondary N) is 1. The zero-order chi connectivity index (χ0) is 17.9. The van der Waals surface area contributed by atoms with E-state index in [9.17, 15) is 17.6 Å². The zero-order valence-corrected chi connectivity index (χ0v) is 14.5. The lowest BCUT2D eigenvalue weighted by Gasteiger charge is -2.29. The van der Waals surface area contributed by atoms with Gasteiger partial charge in [-0.05, 0) is 37.7 Å². The average molecular weight is 359 g/mol. The molecule has 0 saturated heterocycles. The summed E-state index contributed by atoms with van der Waals surface area (Å²) in [5.41, 5.74) is 5.05. The van der Waals surface area contributed by atoms with Crippen molar-refractivity contribution in [1.29, 1.82) is 0 Å². The Bertz CT molecular complexity index is 716. The molecule has 0 aromatic carbocycles. The monoisotopic (exact) mass is 359 g/mol. The van der Waals surface area contributed by atoms with Crippen LogP contribution in [0.15, 0.2) is 6.07 Å². The van der Waals surface area contributed by atoms with E-state index in [0.29, 0.717) is 0 Å². The van der Waals surface area contributed by atoms with Crippen LogP contribution >= 0.6 is 0 Å². The van der Waals surface area contributed by atoms with Crippen LogP contribution in [0.25, 0.3) is 0 Å². The molecule has 0 bridgehead atoms. The van der Waals surface area contributed by atoms with Crippen LogP contribution in [0.1, 0.15) is 36.0 Å². The number of pyridine rings is 1. The van der Waals surface area contributed by atoms with Crippen LogP contribution in [0.4, 0.5) is 10.2 Å². The van der Waals surface area contributed by atoms with Gasteiger partial charge < -0.3 is 15.8 Å². The maximum atomic E-state index is 14.1. The minimum atomic E-state index is -2.98. The third-order valence-corrected chi connectivity index (χ3v) is 5.20. The Hall–Kier alpha value is -1.90. The number of hydrogen-bond donors (Lipinski definition) is 2. The smallest absolute Gasteiger partial charge is 0.254 e. The van der Waals surface area contributed by atoms with E-state index in [2.05, 4.69) is 10.3 Å². The number of carbonyl (C=O) groups excluding carboxylic acids is 1. The van der Waals surface area contributed by atoms with E-state index in [0.717, 1.165) is 31.7 Å². The Labute approximate surface area is 140 Å². The summed E-state index contributed by atoms with van der Waals surface area (Å²) >= 11 is 0. The molecular weight excluding hydrogens is 337 g/mol. The van der Waals surface area contributed by atoms with Gasteiger partial charge in [0.15, 0.2) is 11.6 Å². The number of ether oxygens (including phenoxy) is 1. The van der Waals surface area contributed by atoms with E-state index in [1.807, 2.05) is 0 Å². The predicted molar refractivity (Wildman–Crippen MR) is 88.3 cm³/mol. The fourth-order valence-corrected chi connectivity index (χ4v) is 4.19. The molecule has 24 heavy (non-hydrogen) atoms. The third-order valence-electron chi connectivity index (χ3n) is 4.13. The molecule has 7 nitrogen and oxygen atoms in total. The lowest BCUT2D eigenvalue weighted by atomic mass is 9.87. The van der Waals surface area contributed by atoms with Gasteiger partial charge in [0, 0.05) is 12.3 Å². The number of rotatable bonds is 6. The van der Waals surface area contributed by atoms with Gasteiger partial charge in [0.2, 0.25) is 5.88 Å². The van der Waals surface area contributed by atoms with Crippen LogP contribution in [-0.4, -0.2) is 44.5 Å². The van der Waals surface area contributed by atoms with Crippen LogP contribution in [0.2, 0.25) is 0 Å². The molecule has 0 spiro atoms. The van der Waals surface area contributed by atoms with Gasteiger partial charge in [-0.2, -0.15) is 4.98 Å². The van der Waals surface area contributed by atoms with Crippen LogP contribution in [-0.2, 0) is 9.84 Å². The first kappa shape index (κ1) is 18.4. The molecule has 3 N–H and O–H groups in total. The van der Waals surface area contributed by atoms with Crippen molar-refractivity contribution < 1.29 is 22.3 Å². The lowest BCUT2D eigenvalue weighted by Crippen LogP contribution is -2.29. The third kappa shape index (κ3) is 4.80. The van der Waals surface area contributed by atoms with Crippen LogP contribution < -0.4 is 15.8 Å². The van der Waals surface area contributed by atoms with Crippen molar-refractivity contribution in [3.8, 4) is 5.88 Å². The van der Waals surface area contributed by atoms with E-state index in [1.165, 1.54) is 13.4 Å². The maximum Gasteiger partial charge on any atom is 0.254 e. The fourth-order valence-electron chi connectivity index (χ4n) is 3.00. The lowest BCUT2D eigenvalue weighted by molar-refractivity contribution is 0.0996. The number of methoxy groups -OCH3 is 1. The first-order valence-corrected chi connectivity index (χ1v) is 9.74. The van der Waals surface area contributed by atoms with E-state index >= 15 is 0 Å². The summed E-state index contributed by atoms with van der Waals surface area (Å²) in [6, 6.07) is 0.998. The largest absolute Gasteiger partial charge is 0.480 e. The minimum Gasteiger partial charge on any atom is -0.480 e. The number of primary amides is 1. The summed E-state index contributed by atoms with van der Waals surface area (Å²) in [7, 11) is -1.66. The zero-order valence-electron chi connectivity index (χ0n) is 13.7. The van der Waals surface area contributed by atoms with Crippen molar-refractivity contribution >= 4 is 21.6 Å². The number of nitrogens with zero attached hydrogens (tertiary/aromatic N) is 1. The van der Waals surface area contributed by atoms with Crippen molar-refractivity contribution in [3.05, 3.63) is 17.4 Å². The van der Waals surface area contributed by atoms with E-state index in [4.69, 9.17) is 10.5 Å². The molecule has 1 saturated carbocycles. The highest BCUT2D eigenvalue weighted by Gasteiger charge is 2.25. The molecule has 1 aliphatic carbocycles. The Morgan fingerprint density at radius 3 is 2.54 bits per heavy atom. The number of carbonyl (C=O) groups is 1. The molecule has 9 heteroatoms. The average Bonchev–Trinajstić information content (AvgIpc) is 2.49. The number of aromatic nitrogens is 1. The molecular formula is C15H22FN3O4S. The highest BCUT2D eigenvalue weighted by atomic mass is 32.2.